The molecule has 1 unspecified atom stereocenters. The number of ether oxygens (including phenoxy) is 2. The van der Waals surface area contributed by atoms with Gasteiger partial charge in [-0.15, -0.1) is 11.3 Å². The highest BCUT2D eigenvalue weighted by Gasteiger charge is 2.41. The fourth-order valence-corrected chi connectivity index (χ4v) is 6.05. The topological polar surface area (TPSA) is 76.6 Å². The molecule has 7 rings (SSSR count). The SMILES string of the molecule is Cc1nc(-c2cccs2)cc([C@H]2CN3CC[C@H]2C[C@@H]3CNC(=O)c2ccc3c(c2)OCO3)n1. The first-order valence-corrected chi connectivity index (χ1v) is 12.3. The van der Waals surface area contributed by atoms with Crippen molar-refractivity contribution in [2.45, 2.75) is 31.7 Å². The average Bonchev–Trinajstić information content (AvgIpc) is 3.54. The number of carbonyl (C=O) groups excluding carboxylic acids is 1. The zero-order valence-electron chi connectivity index (χ0n) is 18.5. The minimum atomic E-state index is -0.0699. The number of fused-ring (bicyclic) bond motifs is 4. The van der Waals surface area contributed by atoms with E-state index in [-0.39, 0.29) is 12.7 Å². The zero-order valence-corrected chi connectivity index (χ0v) is 19.3. The van der Waals surface area contributed by atoms with Crippen molar-refractivity contribution in [3.63, 3.8) is 0 Å². The molecular formula is C25H26N4O3S. The van der Waals surface area contributed by atoms with Gasteiger partial charge in [-0.25, -0.2) is 9.97 Å². The third-order valence-corrected chi connectivity index (χ3v) is 7.92. The summed E-state index contributed by atoms with van der Waals surface area (Å²) in [6.07, 6.45) is 2.25. The van der Waals surface area contributed by atoms with E-state index in [1.165, 1.54) is 11.3 Å². The summed E-state index contributed by atoms with van der Waals surface area (Å²) >= 11 is 1.71. The second kappa shape index (κ2) is 8.43. The molecule has 0 radical (unpaired) electrons. The lowest BCUT2D eigenvalue weighted by atomic mass is 9.74. The van der Waals surface area contributed by atoms with Crippen molar-refractivity contribution in [1.82, 2.24) is 20.2 Å². The van der Waals surface area contributed by atoms with Crippen molar-refractivity contribution in [2.75, 3.05) is 26.4 Å². The number of aryl methyl sites for hydroxylation is 1. The van der Waals surface area contributed by atoms with E-state index in [4.69, 9.17) is 14.5 Å². The Kier molecular flexibility index (Phi) is 5.27. The van der Waals surface area contributed by atoms with Crippen LogP contribution in [0.2, 0.25) is 0 Å². The second-order valence-electron chi connectivity index (χ2n) is 9.02. The maximum absolute atomic E-state index is 12.7. The van der Waals surface area contributed by atoms with E-state index in [9.17, 15) is 4.79 Å². The van der Waals surface area contributed by atoms with Crippen molar-refractivity contribution < 1.29 is 14.3 Å². The van der Waals surface area contributed by atoms with Crippen LogP contribution < -0.4 is 14.8 Å². The molecule has 0 aliphatic carbocycles. The molecule has 3 fully saturated rings. The van der Waals surface area contributed by atoms with E-state index in [1.807, 2.05) is 6.92 Å². The first-order valence-electron chi connectivity index (χ1n) is 11.5. The fourth-order valence-electron chi connectivity index (χ4n) is 5.37. The van der Waals surface area contributed by atoms with Crippen LogP contribution in [0.3, 0.4) is 0 Å². The number of hydrogen-bond donors (Lipinski definition) is 1. The van der Waals surface area contributed by atoms with Gasteiger partial charge in [-0.2, -0.15) is 0 Å². The van der Waals surface area contributed by atoms with E-state index in [0.29, 0.717) is 41.5 Å². The molecule has 4 aliphatic rings. The fraction of sp³-hybridized carbons (Fsp3) is 0.400. The lowest BCUT2D eigenvalue weighted by Crippen LogP contribution is -2.56. The van der Waals surface area contributed by atoms with Crippen LogP contribution >= 0.6 is 11.3 Å². The van der Waals surface area contributed by atoms with Crippen LogP contribution in [0.5, 0.6) is 11.5 Å². The Morgan fingerprint density at radius 2 is 2.12 bits per heavy atom. The molecule has 3 saturated heterocycles. The van der Waals surface area contributed by atoms with Gasteiger partial charge < -0.3 is 14.8 Å². The van der Waals surface area contributed by atoms with Crippen LogP contribution in [0.15, 0.2) is 41.8 Å². The number of carbonyl (C=O) groups is 1. The van der Waals surface area contributed by atoms with Gasteiger partial charge in [0.1, 0.15) is 5.82 Å². The number of thiophene rings is 1. The van der Waals surface area contributed by atoms with Gasteiger partial charge in [0.25, 0.3) is 5.91 Å². The molecule has 0 saturated carbocycles. The number of piperidine rings is 3. The van der Waals surface area contributed by atoms with Gasteiger partial charge in [0, 0.05) is 36.3 Å². The number of nitrogens with zero attached hydrogens (tertiary/aromatic N) is 3. The molecule has 8 heteroatoms. The number of nitrogens with one attached hydrogen (secondary N) is 1. The highest BCUT2D eigenvalue weighted by molar-refractivity contribution is 7.13. The third-order valence-electron chi connectivity index (χ3n) is 7.02. The lowest BCUT2D eigenvalue weighted by Gasteiger charge is -2.49. The van der Waals surface area contributed by atoms with Gasteiger partial charge in [0.2, 0.25) is 6.79 Å². The monoisotopic (exact) mass is 462 g/mol. The first kappa shape index (κ1) is 20.6. The molecule has 33 heavy (non-hydrogen) atoms. The van der Waals surface area contributed by atoms with E-state index in [2.05, 4.69) is 38.8 Å². The summed E-state index contributed by atoms with van der Waals surface area (Å²) in [7, 11) is 0. The summed E-state index contributed by atoms with van der Waals surface area (Å²) in [5.41, 5.74) is 2.78. The van der Waals surface area contributed by atoms with E-state index in [1.54, 1.807) is 29.5 Å². The third kappa shape index (κ3) is 3.98. The average molecular weight is 463 g/mol. The smallest absolute Gasteiger partial charge is 0.251 e. The first-order chi connectivity index (χ1) is 16.1. The summed E-state index contributed by atoms with van der Waals surface area (Å²) in [6.45, 7) is 4.90. The van der Waals surface area contributed by atoms with Crippen LogP contribution in [0.4, 0.5) is 0 Å². The summed E-state index contributed by atoms with van der Waals surface area (Å²) < 4.78 is 10.7. The summed E-state index contributed by atoms with van der Waals surface area (Å²) in [5, 5.41) is 5.22. The molecule has 7 nitrogen and oxygen atoms in total. The Bertz CT molecular complexity index is 1180. The molecular weight excluding hydrogens is 436 g/mol. The molecule has 4 aliphatic heterocycles. The molecule has 3 aromatic rings. The number of hydrogen-bond acceptors (Lipinski definition) is 7. The van der Waals surface area contributed by atoms with E-state index >= 15 is 0 Å². The van der Waals surface area contributed by atoms with Crippen LogP contribution in [-0.4, -0.2) is 53.2 Å². The van der Waals surface area contributed by atoms with Gasteiger partial charge in [0.15, 0.2) is 11.5 Å². The van der Waals surface area contributed by atoms with Crippen molar-refractivity contribution in [2.24, 2.45) is 5.92 Å². The van der Waals surface area contributed by atoms with Crippen LogP contribution in [0.25, 0.3) is 10.6 Å². The second-order valence-corrected chi connectivity index (χ2v) is 9.97. The zero-order chi connectivity index (χ0) is 22.4. The number of amides is 1. The summed E-state index contributed by atoms with van der Waals surface area (Å²) in [6, 6.07) is 12.1. The number of benzene rings is 1. The van der Waals surface area contributed by atoms with Gasteiger partial charge >= 0.3 is 0 Å². The predicted molar refractivity (Wildman–Crippen MR) is 126 cm³/mol. The van der Waals surface area contributed by atoms with Crippen molar-refractivity contribution in [3.05, 3.63) is 58.9 Å². The Morgan fingerprint density at radius 1 is 1.21 bits per heavy atom. The summed E-state index contributed by atoms with van der Waals surface area (Å²) in [4.78, 5) is 25.9. The van der Waals surface area contributed by atoms with Gasteiger partial charge in [-0.3, -0.25) is 9.69 Å². The van der Waals surface area contributed by atoms with Crippen LogP contribution in [-0.2, 0) is 0 Å². The van der Waals surface area contributed by atoms with Crippen molar-refractivity contribution in [3.8, 4) is 22.1 Å². The Balaban J connectivity index is 1.12. The van der Waals surface area contributed by atoms with Crippen LogP contribution in [0.1, 0.15) is 40.6 Å². The highest BCUT2D eigenvalue weighted by atomic mass is 32.1. The molecule has 2 aromatic heterocycles. The Morgan fingerprint density at radius 3 is 2.94 bits per heavy atom. The quantitative estimate of drug-likeness (QED) is 0.621. The minimum Gasteiger partial charge on any atom is -0.454 e. The van der Waals surface area contributed by atoms with Gasteiger partial charge in [-0.1, -0.05) is 6.07 Å². The molecule has 2 bridgehead atoms. The number of rotatable bonds is 5. The normalized spacial score (nSPS) is 25.2. The van der Waals surface area contributed by atoms with Crippen molar-refractivity contribution >= 4 is 17.2 Å². The Labute approximate surface area is 196 Å². The molecule has 4 atom stereocenters. The highest BCUT2D eigenvalue weighted by Crippen LogP contribution is 2.42. The largest absolute Gasteiger partial charge is 0.454 e. The summed E-state index contributed by atoms with van der Waals surface area (Å²) in [5.74, 6) is 3.08. The molecule has 1 aromatic carbocycles. The molecule has 6 heterocycles. The maximum atomic E-state index is 12.7. The maximum Gasteiger partial charge on any atom is 0.251 e. The minimum absolute atomic E-state index is 0.0699. The predicted octanol–water partition coefficient (Wildman–Crippen LogP) is 3.85. The van der Waals surface area contributed by atoms with Gasteiger partial charge in [-0.05, 0) is 67.9 Å². The van der Waals surface area contributed by atoms with E-state index < -0.39 is 0 Å². The molecule has 1 N–H and O–H groups in total. The van der Waals surface area contributed by atoms with Gasteiger partial charge in [0.05, 0.1) is 10.6 Å². The Hall–Kier alpha value is -2.97. The number of aromatic nitrogens is 2. The lowest BCUT2D eigenvalue weighted by molar-refractivity contribution is 0.0290. The van der Waals surface area contributed by atoms with Crippen LogP contribution in [0, 0.1) is 12.8 Å². The molecule has 170 valence electrons. The molecule has 0 spiro atoms. The molecule has 1 amide bonds. The van der Waals surface area contributed by atoms with E-state index in [0.717, 1.165) is 36.7 Å². The standard InChI is InChI=1S/C25H26N4O3S/c1-15-27-20(11-21(28-15)24-3-2-8-33-24)19-13-29-7-6-16(19)9-18(29)12-26-25(30)17-4-5-22-23(10-17)32-14-31-22/h2-5,8,10-11,16,18-19H,6-7,9,12-14H2,1H3,(H,26,30)/t16-,18+,19-/m0/s1. The van der Waals surface area contributed by atoms with Crippen molar-refractivity contribution in [1.29, 1.82) is 0 Å².